The van der Waals surface area contributed by atoms with Gasteiger partial charge in [-0.2, -0.15) is 0 Å². The average molecular weight is 362 g/mol. The highest BCUT2D eigenvalue weighted by atomic mass is 32.2. The fourth-order valence-electron chi connectivity index (χ4n) is 2.98. The number of aryl methyl sites for hydroxylation is 3. The van der Waals surface area contributed by atoms with Gasteiger partial charge in [-0.3, -0.25) is 4.72 Å². The van der Waals surface area contributed by atoms with Gasteiger partial charge in [-0.1, -0.05) is 31.0 Å². The largest absolute Gasteiger partial charge is 0.360 e. The van der Waals surface area contributed by atoms with E-state index in [2.05, 4.69) is 21.5 Å². The molecule has 0 fully saturated rings. The number of anilines is 2. The van der Waals surface area contributed by atoms with E-state index in [1.54, 1.807) is 12.3 Å². The molecule has 2 aromatic rings. The van der Waals surface area contributed by atoms with Gasteiger partial charge >= 0.3 is 0 Å². The molecule has 0 aliphatic heterocycles. The molecule has 5 nitrogen and oxygen atoms in total. The predicted molar refractivity (Wildman–Crippen MR) is 104 cm³/mol. The molecule has 1 aromatic carbocycles. The molecular weight excluding hydrogens is 334 g/mol. The number of rotatable bonds is 7. The summed E-state index contributed by atoms with van der Waals surface area (Å²) in [5.41, 5.74) is 3.00. The minimum atomic E-state index is -3.64. The van der Waals surface area contributed by atoms with Gasteiger partial charge in [-0.05, 0) is 50.5 Å². The van der Waals surface area contributed by atoms with Crippen LogP contribution in [0.25, 0.3) is 0 Å². The molecule has 0 radical (unpaired) electrons. The van der Waals surface area contributed by atoms with Gasteiger partial charge in [0.1, 0.15) is 5.82 Å². The fourth-order valence-corrected chi connectivity index (χ4v) is 4.48. The highest BCUT2D eigenvalue weighted by molar-refractivity contribution is 7.92. The Balaban J connectivity index is 2.21. The summed E-state index contributed by atoms with van der Waals surface area (Å²) in [6.45, 7) is 8.67. The molecule has 0 saturated carbocycles. The van der Waals surface area contributed by atoms with Gasteiger partial charge in [-0.15, -0.1) is 0 Å². The molecule has 0 saturated heterocycles. The van der Waals surface area contributed by atoms with Gasteiger partial charge in [0, 0.05) is 13.6 Å². The third-order valence-corrected chi connectivity index (χ3v) is 5.80. The van der Waals surface area contributed by atoms with Crippen LogP contribution in [0.2, 0.25) is 0 Å². The van der Waals surface area contributed by atoms with Crippen LogP contribution in [0.15, 0.2) is 35.4 Å². The van der Waals surface area contributed by atoms with Gasteiger partial charge < -0.3 is 4.90 Å². The van der Waals surface area contributed by atoms with E-state index in [0.717, 1.165) is 41.9 Å². The van der Waals surface area contributed by atoms with Gasteiger partial charge in [-0.25, -0.2) is 13.4 Å². The van der Waals surface area contributed by atoms with Crippen molar-refractivity contribution in [1.82, 2.24) is 4.98 Å². The summed E-state index contributed by atoms with van der Waals surface area (Å²) in [7, 11) is -1.66. The molecule has 0 amide bonds. The Hall–Kier alpha value is -2.08. The Morgan fingerprint density at radius 1 is 1.12 bits per heavy atom. The molecule has 6 heteroatoms. The Labute approximate surface area is 151 Å². The monoisotopic (exact) mass is 361 g/mol. The minimum absolute atomic E-state index is 0.335. The number of sulfonamides is 1. The molecular formula is C19H27N3O2S. The highest BCUT2D eigenvalue weighted by Gasteiger charge is 2.20. The lowest BCUT2D eigenvalue weighted by atomic mass is 10.1. The lowest BCUT2D eigenvalue weighted by Gasteiger charge is -2.18. The average Bonchev–Trinajstić information content (AvgIpc) is 2.51. The van der Waals surface area contributed by atoms with Crippen LogP contribution in [0.5, 0.6) is 0 Å². The SMILES string of the molecule is CCCCN(C)c1ccc(NS(=O)(=O)c2c(C)cc(C)cc2C)cn1. The van der Waals surface area contributed by atoms with E-state index in [0.29, 0.717) is 10.6 Å². The van der Waals surface area contributed by atoms with Crippen LogP contribution in [-0.4, -0.2) is 27.0 Å². The number of aromatic nitrogens is 1. The van der Waals surface area contributed by atoms with Crippen molar-refractivity contribution in [2.75, 3.05) is 23.2 Å². The molecule has 0 bridgehead atoms. The number of unbranched alkanes of at least 4 members (excludes halogenated alkanes) is 1. The van der Waals surface area contributed by atoms with Gasteiger partial charge in [0.05, 0.1) is 16.8 Å². The number of benzene rings is 1. The van der Waals surface area contributed by atoms with Crippen molar-refractivity contribution >= 4 is 21.5 Å². The lowest BCUT2D eigenvalue weighted by molar-refractivity contribution is 0.600. The van der Waals surface area contributed by atoms with Crippen molar-refractivity contribution in [2.24, 2.45) is 0 Å². The van der Waals surface area contributed by atoms with Crippen LogP contribution >= 0.6 is 0 Å². The smallest absolute Gasteiger partial charge is 0.262 e. The summed E-state index contributed by atoms with van der Waals surface area (Å²) in [6, 6.07) is 7.35. The van der Waals surface area contributed by atoms with E-state index in [1.807, 2.05) is 46.0 Å². The molecule has 0 aliphatic rings. The molecule has 1 N–H and O–H groups in total. The summed E-state index contributed by atoms with van der Waals surface area (Å²) in [6.07, 6.45) is 3.78. The molecule has 0 atom stereocenters. The second-order valence-electron chi connectivity index (χ2n) is 6.51. The fraction of sp³-hybridized carbons (Fsp3) is 0.421. The zero-order valence-electron chi connectivity index (χ0n) is 15.6. The van der Waals surface area contributed by atoms with Gasteiger partial charge in [0.2, 0.25) is 0 Å². The van der Waals surface area contributed by atoms with E-state index < -0.39 is 10.0 Å². The maximum atomic E-state index is 12.8. The second-order valence-corrected chi connectivity index (χ2v) is 8.13. The summed E-state index contributed by atoms with van der Waals surface area (Å²) < 4.78 is 28.2. The van der Waals surface area contributed by atoms with Crippen molar-refractivity contribution in [1.29, 1.82) is 0 Å². The molecule has 0 unspecified atom stereocenters. The summed E-state index contributed by atoms with van der Waals surface area (Å²) in [5.74, 6) is 0.832. The summed E-state index contributed by atoms with van der Waals surface area (Å²) >= 11 is 0. The standard InChI is InChI=1S/C19H27N3O2S/c1-6-7-10-22(5)18-9-8-17(13-20-18)21-25(23,24)19-15(3)11-14(2)12-16(19)4/h8-9,11-13,21H,6-7,10H2,1-5H3. The Kier molecular flexibility index (Phi) is 6.06. The zero-order valence-corrected chi connectivity index (χ0v) is 16.4. The first-order valence-corrected chi connectivity index (χ1v) is 10.0. The number of hydrogen-bond acceptors (Lipinski definition) is 4. The second kappa shape index (κ2) is 7.87. The summed E-state index contributed by atoms with van der Waals surface area (Å²) in [5, 5.41) is 0. The van der Waals surface area contributed by atoms with E-state index >= 15 is 0 Å². The molecule has 136 valence electrons. The first-order valence-electron chi connectivity index (χ1n) is 8.52. The highest BCUT2D eigenvalue weighted by Crippen LogP contribution is 2.24. The van der Waals surface area contributed by atoms with Crippen molar-refractivity contribution in [3.8, 4) is 0 Å². The first-order chi connectivity index (χ1) is 11.7. The van der Waals surface area contributed by atoms with E-state index in [9.17, 15) is 8.42 Å². The maximum Gasteiger partial charge on any atom is 0.262 e. The number of nitrogens with one attached hydrogen (secondary N) is 1. The molecule has 0 spiro atoms. The maximum absolute atomic E-state index is 12.8. The molecule has 2 rings (SSSR count). The molecule has 1 aromatic heterocycles. The lowest BCUT2D eigenvalue weighted by Crippen LogP contribution is -2.20. The van der Waals surface area contributed by atoms with Crippen LogP contribution in [0.3, 0.4) is 0 Å². The Morgan fingerprint density at radius 2 is 1.76 bits per heavy atom. The van der Waals surface area contributed by atoms with Crippen molar-refractivity contribution in [3.05, 3.63) is 47.2 Å². The van der Waals surface area contributed by atoms with Crippen LogP contribution in [0, 0.1) is 20.8 Å². The van der Waals surface area contributed by atoms with E-state index in [-0.39, 0.29) is 0 Å². The first kappa shape index (κ1) is 19.2. The van der Waals surface area contributed by atoms with E-state index in [1.165, 1.54) is 0 Å². The van der Waals surface area contributed by atoms with Crippen molar-refractivity contribution in [2.45, 2.75) is 45.4 Å². The minimum Gasteiger partial charge on any atom is -0.360 e. The molecule has 0 aliphatic carbocycles. The normalized spacial score (nSPS) is 11.4. The van der Waals surface area contributed by atoms with Gasteiger partial charge in [0.15, 0.2) is 0 Å². The van der Waals surface area contributed by atoms with Crippen LogP contribution in [-0.2, 0) is 10.0 Å². The predicted octanol–water partition coefficient (Wildman–Crippen LogP) is 4.04. The Bertz CT molecular complexity index is 807. The molecule has 25 heavy (non-hydrogen) atoms. The van der Waals surface area contributed by atoms with Gasteiger partial charge in [0.25, 0.3) is 10.0 Å². The number of pyridine rings is 1. The molecule has 1 heterocycles. The Morgan fingerprint density at radius 3 is 2.28 bits per heavy atom. The topological polar surface area (TPSA) is 62.3 Å². The third kappa shape index (κ3) is 4.72. The van der Waals surface area contributed by atoms with Crippen molar-refractivity contribution in [3.63, 3.8) is 0 Å². The van der Waals surface area contributed by atoms with E-state index in [4.69, 9.17) is 0 Å². The van der Waals surface area contributed by atoms with Crippen LogP contribution < -0.4 is 9.62 Å². The zero-order chi connectivity index (χ0) is 18.6. The summed E-state index contributed by atoms with van der Waals surface area (Å²) in [4.78, 5) is 6.77. The number of nitrogens with zero attached hydrogens (tertiary/aromatic N) is 2. The van der Waals surface area contributed by atoms with Crippen molar-refractivity contribution < 1.29 is 8.42 Å². The number of hydrogen-bond donors (Lipinski definition) is 1. The quantitative estimate of drug-likeness (QED) is 0.808. The van der Waals surface area contributed by atoms with Crippen LogP contribution in [0.1, 0.15) is 36.5 Å². The third-order valence-electron chi connectivity index (χ3n) is 4.11. The van der Waals surface area contributed by atoms with Crippen LogP contribution in [0.4, 0.5) is 11.5 Å².